The van der Waals surface area contributed by atoms with Crippen molar-refractivity contribution in [2.24, 2.45) is 5.73 Å². The molecular formula is C28H26FN5O5S. The minimum atomic E-state index is -1.67. The van der Waals surface area contributed by atoms with E-state index in [1.54, 1.807) is 36.7 Å². The molecular weight excluding hydrogens is 537 g/mol. The fourth-order valence-corrected chi connectivity index (χ4v) is 5.00. The highest BCUT2D eigenvalue weighted by Gasteiger charge is 2.45. The number of primary amides is 1. The van der Waals surface area contributed by atoms with Crippen LogP contribution in [0.1, 0.15) is 35.5 Å². The van der Waals surface area contributed by atoms with Crippen LogP contribution in [0.3, 0.4) is 0 Å². The molecule has 0 spiro atoms. The highest BCUT2D eigenvalue weighted by molar-refractivity contribution is 7.12. The maximum absolute atomic E-state index is 13.6. The number of nitrogens with one attached hydrogen (secondary N) is 1. The Bertz CT molecular complexity index is 1590. The van der Waals surface area contributed by atoms with Crippen molar-refractivity contribution < 1.29 is 28.6 Å². The molecule has 3 heterocycles. The third-order valence-corrected chi connectivity index (χ3v) is 7.66. The summed E-state index contributed by atoms with van der Waals surface area (Å²) in [5.74, 6) is -0.702. The van der Waals surface area contributed by atoms with Gasteiger partial charge >= 0.3 is 0 Å². The standard InChI is InChI=1S/C28H26FN5O5S/c1-27(26(30)36)13-39-23-19(27)11-21(33-22(23)15-4-7-17(29)8-5-15)28(2,37)12-31-24(35)16-6-9-18(20(10-16)38-3)25-34-32-14-40-25/h4-11,14,37H,12-13H2,1-3H3,(H2,30,36)(H,31,35)/t27-,28-/m0/s1. The van der Waals surface area contributed by atoms with Crippen LogP contribution in [0.15, 0.2) is 54.0 Å². The Hall–Kier alpha value is -4.42. The van der Waals surface area contributed by atoms with Crippen LogP contribution in [0.25, 0.3) is 21.8 Å². The second kappa shape index (κ2) is 10.3. The average molecular weight is 564 g/mol. The van der Waals surface area contributed by atoms with Crippen LogP contribution in [-0.2, 0) is 15.8 Å². The number of ether oxygens (including phenoxy) is 2. The first-order valence-electron chi connectivity index (χ1n) is 12.2. The van der Waals surface area contributed by atoms with E-state index in [-0.39, 0.29) is 18.8 Å². The number of carbonyl (C=O) groups excluding carboxylic acids is 2. The molecule has 2 aromatic carbocycles. The van der Waals surface area contributed by atoms with Gasteiger partial charge in [0, 0.05) is 16.7 Å². The fourth-order valence-electron chi connectivity index (χ4n) is 4.41. The highest BCUT2D eigenvalue weighted by atomic mass is 32.1. The second-order valence-corrected chi connectivity index (χ2v) is 10.7. The molecule has 206 valence electrons. The van der Waals surface area contributed by atoms with Crippen molar-refractivity contribution in [3.63, 3.8) is 0 Å². The molecule has 0 radical (unpaired) electrons. The Balaban J connectivity index is 1.45. The first-order chi connectivity index (χ1) is 19.0. The molecule has 0 fully saturated rings. The van der Waals surface area contributed by atoms with Gasteiger partial charge in [0.15, 0.2) is 5.01 Å². The number of aromatic nitrogens is 3. The molecule has 10 nitrogen and oxygen atoms in total. The number of halogens is 1. The number of aliphatic hydroxyl groups is 1. The maximum atomic E-state index is 13.6. The van der Waals surface area contributed by atoms with Gasteiger partial charge in [0.2, 0.25) is 5.91 Å². The number of nitrogens with zero attached hydrogens (tertiary/aromatic N) is 3. The molecule has 2 amide bonds. The summed E-state index contributed by atoms with van der Waals surface area (Å²) in [4.78, 5) is 30.1. The molecule has 1 aliphatic rings. The zero-order chi connectivity index (χ0) is 28.7. The van der Waals surface area contributed by atoms with Crippen LogP contribution in [0.4, 0.5) is 4.39 Å². The molecule has 40 heavy (non-hydrogen) atoms. The van der Waals surface area contributed by atoms with E-state index in [4.69, 9.17) is 15.2 Å². The van der Waals surface area contributed by atoms with Crippen LogP contribution < -0.4 is 20.5 Å². The summed E-state index contributed by atoms with van der Waals surface area (Å²) >= 11 is 1.34. The van der Waals surface area contributed by atoms with E-state index in [1.807, 2.05) is 0 Å². The molecule has 1 aliphatic heterocycles. The Morgan fingerprint density at radius 3 is 2.65 bits per heavy atom. The Kier molecular flexibility index (Phi) is 6.98. The van der Waals surface area contributed by atoms with E-state index < -0.39 is 28.6 Å². The lowest BCUT2D eigenvalue weighted by molar-refractivity contribution is -0.123. The molecule has 4 N–H and O–H groups in total. The number of benzene rings is 2. The second-order valence-electron chi connectivity index (χ2n) is 9.84. The molecule has 0 saturated carbocycles. The van der Waals surface area contributed by atoms with Gasteiger partial charge in [0.1, 0.15) is 46.1 Å². The van der Waals surface area contributed by atoms with Crippen LogP contribution in [0.5, 0.6) is 11.5 Å². The van der Waals surface area contributed by atoms with Crippen molar-refractivity contribution >= 4 is 23.2 Å². The van der Waals surface area contributed by atoms with Crippen molar-refractivity contribution in [1.29, 1.82) is 0 Å². The van der Waals surface area contributed by atoms with Crippen molar-refractivity contribution in [3.05, 3.63) is 76.7 Å². The van der Waals surface area contributed by atoms with Crippen LogP contribution in [-0.4, -0.2) is 52.4 Å². The predicted molar refractivity (Wildman–Crippen MR) is 145 cm³/mol. The van der Waals surface area contributed by atoms with Crippen LogP contribution >= 0.6 is 11.3 Å². The van der Waals surface area contributed by atoms with E-state index in [9.17, 15) is 19.1 Å². The summed E-state index contributed by atoms with van der Waals surface area (Å²) in [7, 11) is 1.49. The largest absolute Gasteiger partial charge is 0.496 e. The van der Waals surface area contributed by atoms with Gasteiger partial charge in [-0.25, -0.2) is 9.37 Å². The van der Waals surface area contributed by atoms with Gasteiger partial charge in [-0.15, -0.1) is 10.2 Å². The van der Waals surface area contributed by atoms with Crippen molar-refractivity contribution in [1.82, 2.24) is 20.5 Å². The van der Waals surface area contributed by atoms with Gasteiger partial charge in [-0.3, -0.25) is 9.59 Å². The van der Waals surface area contributed by atoms with Gasteiger partial charge < -0.3 is 25.6 Å². The fraction of sp³-hybridized carbons (Fsp3) is 0.250. The minimum absolute atomic E-state index is 0.00917. The maximum Gasteiger partial charge on any atom is 0.251 e. The number of amides is 2. The molecule has 5 rings (SSSR count). The predicted octanol–water partition coefficient (Wildman–Crippen LogP) is 3.19. The molecule has 0 aliphatic carbocycles. The number of carbonyl (C=O) groups is 2. The zero-order valence-corrected chi connectivity index (χ0v) is 22.7. The summed E-state index contributed by atoms with van der Waals surface area (Å²) in [6, 6.07) is 12.1. The normalized spacial score (nSPS) is 17.4. The highest BCUT2D eigenvalue weighted by Crippen LogP contribution is 2.45. The molecule has 2 atom stereocenters. The first-order valence-corrected chi connectivity index (χ1v) is 13.1. The monoisotopic (exact) mass is 563 g/mol. The van der Waals surface area contributed by atoms with E-state index in [2.05, 4.69) is 20.5 Å². The average Bonchev–Trinajstić information content (AvgIpc) is 3.60. The summed E-state index contributed by atoms with van der Waals surface area (Å²) < 4.78 is 24.9. The third kappa shape index (κ3) is 4.87. The number of rotatable bonds is 8. The lowest BCUT2D eigenvalue weighted by Crippen LogP contribution is -2.41. The molecule has 2 aromatic heterocycles. The lowest BCUT2D eigenvalue weighted by Gasteiger charge is -2.26. The summed E-state index contributed by atoms with van der Waals surface area (Å²) in [6.45, 7) is 2.92. The summed E-state index contributed by atoms with van der Waals surface area (Å²) in [5.41, 5.74) is 6.95. The Morgan fingerprint density at radius 1 is 1.25 bits per heavy atom. The number of nitrogens with two attached hydrogens (primary N) is 1. The van der Waals surface area contributed by atoms with Crippen LogP contribution in [0.2, 0.25) is 0 Å². The molecule has 4 aromatic rings. The molecule has 0 unspecified atom stereocenters. The number of fused-ring (bicyclic) bond motifs is 1. The number of hydrogen-bond donors (Lipinski definition) is 3. The topological polar surface area (TPSA) is 150 Å². The van der Waals surface area contributed by atoms with Gasteiger partial charge in [0.25, 0.3) is 5.91 Å². The zero-order valence-electron chi connectivity index (χ0n) is 21.9. The van der Waals surface area contributed by atoms with E-state index in [0.29, 0.717) is 44.5 Å². The number of pyridine rings is 1. The SMILES string of the molecule is COc1cc(C(=O)NC[C@](C)(O)c2cc3c(c(-c4ccc(F)cc4)n2)OC[C@]3(C)C(N)=O)ccc1-c1nncs1. The number of hydrogen-bond acceptors (Lipinski definition) is 9. The number of methoxy groups -OCH3 is 1. The van der Waals surface area contributed by atoms with Crippen molar-refractivity contribution in [2.75, 3.05) is 20.3 Å². The Morgan fingerprint density at radius 2 is 2.00 bits per heavy atom. The van der Waals surface area contributed by atoms with Crippen molar-refractivity contribution in [2.45, 2.75) is 24.9 Å². The molecule has 12 heteroatoms. The van der Waals surface area contributed by atoms with Crippen LogP contribution in [0, 0.1) is 5.82 Å². The van der Waals surface area contributed by atoms with Gasteiger partial charge in [-0.2, -0.15) is 0 Å². The smallest absolute Gasteiger partial charge is 0.251 e. The first kappa shape index (κ1) is 27.2. The molecule has 0 bridgehead atoms. The quantitative estimate of drug-likeness (QED) is 0.296. The molecule has 0 saturated heterocycles. The summed E-state index contributed by atoms with van der Waals surface area (Å²) in [5, 5.41) is 22.7. The minimum Gasteiger partial charge on any atom is -0.496 e. The van der Waals surface area contributed by atoms with Gasteiger partial charge in [0.05, 0.1) is 24.9 Å². The van der Waals surface area contributed by atoms with E-state index in [1.165, 1.54) is 49.6 Å². The third-order valence-electron chi connectivity index (χ3n) is 6.93. The summed E-state index contributed by atoms with van der Waals surface area (Å²) in [6.07, 6.45) is 0. The van der Waals surface area contributed by atoms with E-state index >= 15 is 0 Å². The van der Waals surface area contributed by atoms with Gasteiger partial charge in [-0.05, 0) is 62.4 Å². The van der Waals surface area contributed by atoms with Gasteiger partial charge in [-0.1, -0.05) is 11.3 Å². The Labute approximate surface area is 233 Å². The lowest BCUT2D eigenvalue weighted by atomic mass is 9.82. The van der Waals surface area contributed by atoms with E-state index in [0.717, 1.165) is 0 Å². The van der Waals surface area contributed by atoms with Crippen molar-refractivity contribution in [3.8, 4) is 33.3 Å².